The van der Waals surface area contributed by atoms with E-state index in [0.29, 0.717) is 5.92 Å². The van der Waals surface area contributed by atoms with Crippen LogP contribution in [0.15, 0.2) is 12.1 Å². The third-order valence-electron chi connectivity index (χ3n) is 3.43. The fraction of sp³-hybridized carbons (Fsp3) is 0.600. The molecule has 0 radical (unpaired) electrons. The number of aliphatic hydroxyl groups is 1. The van der Waals surface area contributed by atoms with Crippen LogP contribution in [-0.4, -0.2) is 17.3 Å². The van der Waals surface area contributed by atoms with Gasteiger partial charge in [-0.3, -0.25) is 0 Å². The molecule has 0 saturated heterocycles. The summed E-state index contributed by atoms with van der Waals surface area (Å²) in [5.74, 6) is 0.344. The summed E-state index contributed by atoms with van der Waals surface area (Å²) in [6.07, 6.45) is 0.299. The van der Waals surface area contributed by atoms with Gasteiger partial charge in [0.2, 0.25) is 0 Å². The van der Waals surface area contributed by atoms with Crippen molar-refractivity contribution in [2.45, 2.75) is 59.1 Å². The summed E-state index contributed by atoms with van der Waals surface area (Å²) in [5, 5.41) is 9.87. The molecule has 0 bridgehead atoms. The van der Waals surface area contributed by atoms with E-state index >= 15 is 0 Å². The van der Waals surface area contributed by atoms with Crippen LogP contribution in [0.3, 0.4) is 0 Å². The molecule has 1 aromatic carbocycles. The summed E-state index contributed by atoms with van der Waals surface area (Å²) < 4.78 is 0. The van der Waals surface area contributed by atoms with Crippen LogP contribution in [0, 0.1) is 20.8 Å². The summed E-state index contributed by atoms with van der Waals surface area (Å²) in [4.78, 5) is 0. The second-order valence-corrected chi connectivity index (χ2v) is 5.38. The van der Waals surface area contributed by atoms with Crippen molar-refractivity contribution in [3.8, 4) is 0 Å². The van der Waals surface area contributed by atoms with Crippen molar-refractivity contribution in [1.82, 2.24) is 0 Å². The lowest BCUT2D eigenvalue weighted by Crippen LogP contribution is -2.32. The van der Waals surface area contributed by atoms with Crippen molar-refractivity contribution < 1.29 is 5.11 Å². The molecule has 3 atom stereocenters. The summed E-state index contributed by atoms with van der Waals surface area (Å²) in [7, 11) is 0. The van der Waals surface area contributed by atoms with Gasteiger partial charge in [-0.15, -0.1) is 0 Å². The monoisotopic (exact) mass is 235 g/mol. The molecule has 0 amide bonds. The predicted molar refractivity (Wildman–Crippen MR) is 73.3 cm³/mol. The van der Waals surface area contributed by atoms with E-state index in [1.54, 1.807) is 0 Å². The summed E-state index contributed by atoms with van der Waals surface area (Å²) in [6, 6.07) is 4.25. The maximum absolute atomic E-state index is 9.87. The first kappa shape index (κ1) is 14.2. The van der Waals surface area contributed by atoms with E-state index in [4.69, 9.17) is 5.73 Å². The van der Waals surface area contributed by atoms with Gasteiger partial charge in [-0.25, -0.2) is 0 Å². The fourth-order valence-corrected chi connectivity index (χ4v) is 2.66. The Morgan fingerprint density at radius 1 is 1.12 bits per heavy atom. The van der Waals surface area contributed by atoms with Crippen molar-refractivity contribution in [2.75, 3.05) is 0 Å². The Morgan fingerprint density at radius 3 is 2.00 bits per heavy atom. The number of hydrogen-bond acceptors (Lipinski definition) is 2. The Labute approximate surface area is 105 Å². The molecule has 0 aromatic heterocycles. The lowest BCUT2D eigenvalue weighted by molar-refractivity contribution is 0.134. The third-order valence-corrected chi connectivity index (χ3v) is 3.43. The van der Waals surface area contributed by atoms with Gasteiger partial charge < -0.3 is 10.8 Å². The van der Waals surface area contributed by atoms with E-state index in [2.05, 4.69) is 39.8 Å². The van der Waals surface area contributed by atoms with Crippen LogP contribution in [0.5, 0.6) is 0 Å². The Morgan fingerprint density at radius 2 is 1.59 bits per heavy atom. The topological polar surface area (TPSA) is 46.2 Å². The third kappa shape index (κ3) is 3.55. The van der Waals surface area contributed by atoms with Gasteiger partial charge in [0.25, 0.3) is 0 Å². The van der Waals surface area contributed by atoms with Crippen LogP contribution in [0.1, 0.15) is 48.4 Å². The fourth-order valence-electron chi connectivity index (χ4n) is 2.66. The molecule has 0 heterocycles. The zero-order chi connectivity index (χ0) is 13.2. The molecule has 1 aromatic rings. The van der Waals surface area contributed by atoms with Gasteiger partial charge in [0.15, 0.2) is 0 Å². The minimum atomic E-state index is -0.426. The van der Waals surface area contributed by atoms with Crippen molar-refractivity contribution in [1.29, 1.82) is 0 Å². The number of hydrogen-bond donors (Lipinski definition) is 2. The van der Waals surface area contributed by atoms with Gasteiger partial charge in [0.05, 0.1) is 6.10 Å². The Kier molecular flexibility index (Phi) is 4.72. The Balaban J connectivity index is 2.93. The van der Waals surface area contributed by atoms with Gasteiger partial charge in [-0.05, 0) is 56.7 Å². The van der Waals surface area contributed by atoms with Gasteiger partial charge >= 0.3 is 0 Å². The van der Waals surface area contributed by atoms with E-state index in [1.807, 2.05) is 6.92 Å². The smallest absolute Gasteiger partial charge is 0.0694 e. The number of benzene rings is 1. The maximum Gasteiger partial charge on any atom is 0.0694 e. The number of aliphatic hydroxyl groups excluding tert-OH is 1. The first-order valence-electron chi connectivity index (χ1n) is 6.34. The highest BCUT2D eigenvalue weighted by atomic mass is 16.3. The van der Waals surface area contributed by atoms with Crippen LogP contribution in [0.2, 0.25) is 0 Å². The minimum Gasteiger partial charge on any atom is -0.392 e. The Hall–Kier alpha value is -0.860. The minimum absolute atomic E-state index is 0.163. The second kappa shape index (κ2) is 5.65. The van der Waals surface area contributed by atoms with Gasteiger partial charge in [0.1, 0.15) is 0 Å². The highest BCUT2D eigenvalue weighted by Crippen LogP contribution is 2.28. The van der Waals surface area contributed by atoms with Crippen LogP contribution in [0.25, 0.3) is 0 Å². The molecule has 2 nitrogen and oxygen atoms in total. The standard InChI is InChI=1S/C15H25NO/c1-9-6-10(2)15(11(3)7-9)12(4)8-14(17)13(5)16/h6-7,12-14,17H,8,16H2,1-5H3. The molecule has 0 spiro atoms. The first-order chi connectivity index (χ1) is 7.82. The molecule has 3 N–H and O–H groups in total. The summed E-state index contributed by atoms with van der Waals surface area (Å²) in [5.41, 5.74) is 11.0. The van der Waals surface area contributed by atoms with E-state index < -0.39 is 6.10 Å². The molecule has 17 heavy (non-hydrogen) atoms. The van der Waals surface area contributed by atoms with Gasteiger partial charge in [-0.1, -0.05) is 24.6 Å². The predicted octanol–water partition coefficient (Wildman–Crippen LogP) is 2.81. The van der Waals surface area contributed by atoms with E-state index in [1.165, 1.54) is 22.3 Å². The highest BCUT2D eigenvalue weighted by Gasteiger charge is 2.18. The van der Waals surface area contributed by atoms with Crippen LogP contribution < -0.4 is 5.73 Å². The zero-order valence-electron chi connectivity index (χ0n) is 11.6. The van der Waals surface area contributed by atoms with E-state index in [-0.39, 0.29) is 6.04 Å². The Bertz CT molecular complexity index is 362. The normalized spacial score (nSPS) is 16.6. The number of aryl methyl sites for hydroxylation is 3. The SMILES string of the molecule is Cc1cc(C)c(C(C)CC(O)C(C)N)c(C)c1. The molecule has 0 saturated carbocycles. The lowest BCUT2D eigenvalue weighted by Gasteiger charge is -2.23. The van der Waals surface area contributed by atoms with Gasteiger partial charge in [0, 0.05) is 6.04 Å². The number of rotatable bonds is 4. The van der Waals surface area contributed by atoms with Gasteiger partial charge in [-0.2, -0.15) is 0 Å². The molecule has 0 aliphatic heterocycles. The summed E-state index contributed by atoms with van der Waals surface area (Å²) in [6.45, 7) is 10.4. The molecular weight excluding hydrogens is 210 g/mol. The second-order valence-electron chi connectivity index (χ2n) is 5.38. The van der Waals surface area contributed by atoms with Crippen LogP contribution in [0.4, 0.5) is 0 Å². The molecule has 3 unspecified atom stereocenters. The van der Waals surface area contributed by atoms with Crippen LogP contribution >= 0.6 is 0 Å². The lowest BCUT2D eigenvalue weighted by atomic mass is 9.86. The highest BCUT2D eigenvalue weighted by molar-refractivity contribution is 5.39. The van der Waals surface area contributed by atoms with Crippen molar-refractivity contribution in [3.63, 3.8) is 0 Å². The van der Waals surface area contributed by atoms with Crippen molar-refractivity contribution >= 4 is 0 Å². The van der Waals surface area contributed by atoms with Crippen molar-refractivity contribution in [2.24, 2.45) is 5.73 Å². The molecule has 0 fully saturated rings. The number of nitrogens with two attached hydrogens (primary N) is 1. The first-order valence-corrected chi connectivity index (χ1v) is 6.34. The average Bonchev–Trinajstić information content (AvgIpc) is 2.15. The van der Waals surface area contributed by atoms with E-state index in [9.17, 15) is 5.11 Å². The molecule has 1 rings (SSSR count). The van der Waals surface area contributed by atoms with E-state index in [0.717, 1.165) is 6.42 Å². The van der Waals surface area contributed by atoms with Crippen molar-refractivity contribution in [3.05, 3.63) is 34.4 Å². The quantitative estimate of drug-likeness (QED) is 0.843. The largest absolute Gasteiger partial charge is 0.392 e. The summed E-state index contributed by atoms with van der Waals surface area (Å²) >= 11 is 0. The molecular formula is C15H25NO. The zero-order valence-corrected chi connectivity index (χ0v) is 11.6. The maximum atomic E-state index is 9.87. The van der Waals surface area contributed by atoms with Crippen LogP contribution in [-0.2, 0) is 0 Å². The molecule has 0 aliphatic rings. The molecule has 2 heteroatoms. The average molecular weight is 235 g/mol. The molecule has 96 valence electrons. The molecule has 0 aliphatic carbocycles.